The fourth-order valence-electron chi connectivity index (χ4n) is 3.39. The molecule has 2 N–H and O–H groups in total. The third-order valence-corrected chi connectivity index (χ3v) is 4.84. The lowest BCUT2D eigenvalue weighted by Crippen LogP contribution is -2.35. The van der Waals surface area contributed by atoms with Gasteiger partial charge >= 0.3 is 0 Å². The average molecular weight is 274 g/mol. The minimum atomic E-state index is 0.239. The third kappa shape index (κ3) is 3.99. The maximum atomic E-state index is 5.85. The quantitative estimate of drug-likeness (QED) is 0.880. The minimum absolute atomic E-state index is 0.239. The molecule has 0 aliphatic heterocycles. The van der Waals surface area contributed by atoms with Gasteiger partial charge in [0.1, 0.15) is 0 Å². The molecular formula is C18H30N2. The summed E-state index contributed by atoms with van der Waals surface area (Å²) in [5, 5.41) is 0. The number of nitrogens with zero attached hydrogens (tertiary/aromatic N) is 1. The van der Waals surface area contributed by atoms with Crippen molar-refractivity contribution in [2.75, 3.05) is 11.9 Å². The van der Waals surface area contributed by atoms with Crippen LogP contribution in [0.25, 0.3) is 0 Å². The first kappa shape index (κ1) is 15.4. The van der Waals surface area contributed by atoms with Crippen LogP contribution in [0.2, 0.25) is 0 Å². The van der Waals surface area contributed by atoms with E-state index in [0.717, 1.165) is 18.4 Å². The monoisotopic (exact) mass is 274 g/mol. The third-order valence-electron chi connectivity index (χ3n) is 4.84. The number of benzene rings is 1. The minimum Gasteiger partial charge on any atom is -0.372 e. The number of nitrogens with two attached hydrogens (primary N) is 1. The van der Waals surface area contributed by atoms with Crippen LogP contribution in [-0.2, 0) is 6.42 Å². The van der Waals surface area contributed by atoms with E-state index in [4.69, 9.17) is 5.73 Å². The summed E-state index contributed by atoms with van der Waals surface area (Å²) < 4.78 is 0. The molecule has 2 nitrogen and oxygen atoms in total. The lowest BCUT2D eigenvalue weighted by atomic mass is 9.84. The zero-order valence-corrected chi connectivity index (χ0v) is 13.3. The van der Waals surface area contributed by atoms with Crippen molar-refractivity contribution in [3.8, 4) is 0 Å². The van der Waals surface area contributed by atoms with Gasteiger partial charge in [0.05, 0.1) is 0 Å². The maximum absolute atomic E-state index is 5.85. The maximum Gasteiger partial charge on any atom is 0.0366 e. The molecule has 0 amide bonds. The van der Waals surface area contributed by atoms with E-state index in [2.05, 4.69) is 50.1 Å². The molecule has 0 heterocycles. The lowest BCUT2D eigenvalue weighted by molar-refractivity contribution is 0.313. The zero-order valence-electron chi connectivity index (χ0n) is 13.3. The molecule has 1 saturated carbocycles. The molecule has 20 heavy (non-hydrogen) atoms. The van der Waals surface area contributed by atoms with E-state index in [1.807, 2.05) is 0 Å². The van der Waals surface area contributed by atoms with Gasteiger partial charge < -0.3 is 10.6 Å². The summed E-state index contributed by atoms with van der Waals surface area (Å²) in [6, 6.07) is 9.92. The highest BCUT2D eigenvalue weighted by atomic mass is 15.1. The summed E-state index contributed by atoms with van der Waals surface area (Å²) >= 11 is 0. The number of anilines is 1. The molecule has 1 unspecified atom stereocenters. The Kier molecular flexibility index (Phi) is 5.47. The van der Waals surface area contributed by atoms with E-state index in [0.29, 0.717) is 0 Å². The van der Waals surface area contributed by atoms with Crippen LogP contribution in [0, 0.1) is 5.92 Å². The van der Waals surface area contributed by atoms with Gasteiger partial charge in [0.2, 0.25) is 0 Å². The van der Waals surface area contributed by atoms with Crippen molar-refractivity contribution >= 4 is 5.69 Å². The van der Waals surface area contributed by atoms with Crippen LogP contribution >= 0.6 is 0 Å². The van der Waals surface area contributed by atoms with Gasteiger partial charge in [-0.1, -0.05) is 25.5 Å². The summed E-state index contributed by atoms with van der Waals surface area (Å²) in [6.45, 7) is 4.39. The van der Waals surface area contributed by atoms with Gasteiger partial charge in [0.25, 0.3) is 0 Å². The zero-order chi connectivity index (χ0) is 14.5. The summed E-state index contributed by atoms with van der Waals surface area (Å²) in [7, 11) is 2.25. The van der Waals surface area contributed by atoms with E-state index in [9.17, 15) is 0 Å². The van der Waals surface area contributed by atoms with E-state index in [-0.39, 0.29) is 6.04 Å². The molecule has 0 bridgehead atoms. The second-order valence-corrected chi connectivity index (χ2v) is 6.54. The topological polar surface area (TPSA) is 29.3 Å². The molecule has 1 atom stereocenters. The van der Waals surface area contributed by atoms with Crippen LogP contribution in [0.5, 0.6) is 0 Å². The number of hydrogen-bond donors (Lipinski definition) is 1. The Hall–Kier alpha value is -1.02. The van der Waals surface area contributed by atoms with Crippen molar-refractivity contribution in [2.24, 2.45) is 11.7 Å². The normalized spacial score (nSPS) is 24.4. The predicted molar refractivity (Wildman–Crippen MR) is 88.2 cm³/mol. The lowest BCUT2D eigenvalue weighted by Gasteiger charge is -2.36. The molecule has 2 heteroatoms. The van der Waals surface area contributed by atoms with Crippen molar-refractivity contribution in [2.45, 2.75) is 64.5 Å². The van der Waals surface area contributed by atoms with Gasteiger partial charge in [-0.15, -0.1) is 0 Å². The smallest absolute Gasteiger partial charge is 0.0366 e. The van der Waals surface area contributed by atoms with Crippen LogP contribution in [0.1, 0.15) is 51.5 Å². The van der Waals surface area contributed by atoms with Crippen LogP contribution < -0.4 is 10.6 Å². The molecule has 1 aliphatic carbocycles. The van der Waals surface area contributed by atoms with Gasteiger partial charge in [0, 0.05) is 24.8 Å². The summed E-state index contributed by atoms with van der Waals surface area (Å²) in [6.07, 6.45) is 7.80. The molecule has 1 aromatic carbocycles. The van der Waals surface area contributed by atoms with Gasteiger partial charge in [-0.25, -0.2) is 0 Å². The fourth-order valence-corrected chi connectivity index (χ4v) is 3.39. The molecule has 1 aromatic rings. The van der Waals surface area contributed by atoms with Crippen LogP contribution in [0.15, 0.2) is 24.3 Å². The molecule has 0 radical (unpaired) electrons. The van der Waals surface area contributed by atoms with Crippen molar-refractivity contribution < 1.29 is 0 Å². The highest BCUT2D eigenvalue weighted by Gasteiger charge is 2.23. The van der Waals surface area contributed by atoms with E-state index < -0.39 is 0 Å². The Morgan fingerprint density at radius 2 is 1.75 bits per heavy atom. The Morgan fingerprint density at radius 1 is 1.15 bits per heavy atom. The fraction of sp³-hybridized carbons (Fsp3) is 0.667. The second kappa shape index (κ2) is 7.12. The van der Waals surface area contributed by atoms with Crippen molar-refractivity contribution in [1.82, 2.24) is 0 Å². The number of rotatable bonds is 5. The Bertz CT molecular complexity index is 388. The molecule has 0 saturated heterocycles. The second-order valence-electron chi connectivity index (χ2n) is 6.54. The summed E-state index contributed by atoms with van der Waals surface area (Å²) in [4.78, 5) is 2.47. The Labute approximate surface area is 124 Å². The van der Waals surface area contributed by atoms with Gasteiger partial charge in [0.15, 0.2) is 0 Å². The van der Waals surface area contributed by atoms with Gasteiger partial charge in [-0.2, -0.15) is 0 Å². The van der Waals surface area contributed by atoms with Crippen LogP contribution in [0.4, 0.5) is 5.69 Å². The first-order valence-electron chi connectivity index (χ1n) is 8.17. The highest BCUT2D eigenvalue weighted by molar-refractivity contribution is 5.48. The highest BCUT2D eigenvalue weighted by Crippen LogP contribution is 2.31. The summed E-state index contributed by atoms with van der Waals surface area (Å²) in [5.74, 6) is 0.966. The first-order chi connectivity index (χ1) is 9.60. The summed E-state index contributed by atoms with van der Waals surface area (Å²) in [5.41, 5.74) is 8.54. The molecule has 112 valence electrons. The van der Waals surface area contributed by atoms with E-state index in [1.54, 1.807) is 0 Å². The molecule has 2 rings (SSSR count). The Morgan fingerprint density at radius 3 is 2.25 bits per heavy atom. The standard InChI is InChI=1S/C18H30N2/c1-4-15-5-9-17(10-6-15)20(3)18-11-7-16(8-12-18)13-14(2)19/h7-8,11-12,14-15,17H,4-6,9-10,13,19H2,1-3H3. The van der Waals surface area contributed by atoms with Gasteiger partial charge in [-0.05, 0) is 62.6 Å². The molecule has 0 spiro atoms. The Balaban J connectivity index is 1.94. The van der Waals surface area contributed by atoms with Crippen LogP contribution in [0.3, 0.4) is 0 Å². The van der Waals surface area contributed by atoms with Crippen molar-refractivity contribution in [1.29, 1.82) is 0 Å². The van der Waals surface area contributed by atoms with Gasteiger partial charge in [-0.3, -0.25) is 0 Å². The predicted octanol–water partition coefficient (Wildman–Crippen LogP) is 3.98. The van der Waals surface area contributed by atoms with E-state index in [1.165, 1.54) is 43.4 Å². The average Bonchev–Trinajstić information content (AvgIpc) is 2.47. The van der Waals surface area contributed by atoms with Crippen molar-refractivity contribution in [3.05, 3.63) is 29.8 Å². The van der Waals surface area contributed by atoms with E-state index >= 15 is 0 Å². The largest absolute Gasteiger partial charge is 0.372 e. The molecule has 1 aliphatic rings. The molecule has 0 aromatic heterocycles. The number of hydrogen-bond acceptors (Lipinski definition) is 2. The van der Waals surface area contributed by atoms with Crippen LogP contribution in [-0.4, -0.2) is 19.1 Å². The van der Waals surface area contributed by atoms with Crippen molar-refractivity contribution in [3.63, 3.8) is 0 Å². The SMILES string of the molecule is CCC1CCC(N(C)c2ccc(CC(C)N)cc2)CC1. The first-order valence-corrected chi connectivity index (χ1v) is 8.17. The molecular weight excluding hydrogens is 244 g/mol. The molecule has 1 fully saturated rings.